The molecule has 0 amide bonds. The largest absolute Gasteiger partial charge is 0.457 e. The molecule has 3 aromatic rings. The highest BCUT2D eigenvalue weighted by molar-refractivity contribution is 7.13. The van der Waals surface area contributed by atoms with E-state index in [1.54, 1.807) is 23.6 Å². The molecule has 0 unspecified atom stereocenters. The summed E-state index contributed by atoms with van der Waals surface area (Å²) in [7, 11) is 0. The van der Waals surface area contributed by atoms with Gasteiger partial charge in [-0.25, -0.2) is 14.2 Å². The third-order valence-electron chi connectivity index (χ3n) is 2.72. The van der Waals surface area contributed by atoms with Crippen molar-refractivity contribution >= 4 is 17.3 Å². The van der Waals surface area contributed by atoms with E-state index in [-0.39, 0.29) is 18.2 Å². The Balaban J connectivity index is 1.65. The van der Waals surface area contributed by atoms with E-state index in [4.69, 9.17) is 9.15 Å². The minimum Gasteiger partial charge on any atom is -0.457 e. The van der Waals surface area contributed by atoms with Crippen LogP contribution in [0.25, 0.3) is 10.6 Å². The summed E-state index contributed by atoms with van der Waals surface area (Å²) < 4.78 is 22.9. The van der Waals surface area contributed by atoms with Crippen LogP contribution in [0.2, 0.25) is 0 Å². The summed E-state index contributed by atoms with van der Waals surface area (Å²) in [4.78, 5) is 16.0. The number of halogens is 1. The van der Waals surface area contributed by atoms with Gasteiger partial charge in [0.1, 0.15) is 17.4 Å². The summed E-state index contributed by atoms with van der Waals surface area (Å²) in [5.41, 5.74) is 1.46. The van der Waals surface area contributed by atoms with Gasteiger partial charge in [-0.2, -0.15) is 0 Å². The van der Waals surface area contributed by atoms with Gasteiger partial charge in [0, 0.05) is 10.9 Å². The molecule has 0 aliphatic rings. The Morgan fingerprint density at radius 1 is 1.29 bits per heavy atom. The minimum atomic E-state index is -0.531. The van der Waals surface area contributed by atoms with E-state index in [0.717, 1.165) is 10.6 Å². The molecule has 2 heterocycles. The number of benzene rings is 1. The predicted octanol–water partition coefficient (Wildman–Crippen LogP) is 3.90. The van der Waals surface area contributed by atoms with Crippen LogP contribution in [0.4, 0.5) is 4.39 Å². The van der Waals surface area contributed by atoms with Gasteiger partial charge in [-0.05, 0) is 36.4 Å². The molecule has 21 heavy (non-hydrogen) atoms. The first-order valence-corrected chi connectivity index (χ1v) is 7.01. The smallest absolute Gasteiger partial charge is 0.374 e. The van der Waals surface area contributed by atoms with Crippen molar-refractivity contribution in [3.63, 3.8) is 0 Å². The van der Waals surface area contributed by atoms with Crippen LogP contribution in [0, 0.1) is 5.82 Å². The van der Waals surface area contributed by atoms with E-state index in [2.05, 4.69) is 4.98 Å². The van der Waals surface area contributed by atoms with E-state index in [1.165, 1.54) is 35.8 Å². The molecular formula is C15H10FNO3S. The van der Waals surface area contributed by atoms with Crippen LogP contribution < -0.4 is 0 Å². The molecule has 106 valence electrons. The van der Waals surface area contributed by atoms with E-state index in [9.17, 15) is 9.18 Å². The van der Waals surface area contributed by atoms with Crippen molar-refractivity contribution in [1.82, 2.24) is 4.98 Å². The Morgan fingerprint density at radius 2 is 2.10 bits per heavy atom. The third kappa shape index (κ3) is 3.17. The van der Waals surface area contributed by atoms with Crippen molar-refractivity contribution in [3.05, 3.63) is 65.3 Å². The molecule has 2 aromatic heterocycles. The number of nitrogens with zero attached hydrogens (tertiary/aromatic N) is 1. The van der Waals surface area contributed by atoms with Crippen molar-refractivity contribution in [2.45, 2.75) is 6.61 Å². The number of ether oxygens (including phenoxy) is 1. The summed E-state index contributed by atoms with van der Waals surface area (Å²) >= 11 is 1.41. The maximum Gasteiger partial charge on any atom is 0.374 e. The van der Waals surface area contributed by atoms with Crippen molar-refractivity contribution in [1.29, 1.82) is 0 Å². The molecule has 0 aliphatic carbocycles. The van der Waals surface area contributed by atoms with Crippen LogP contribution in [0.3, 0.4) is 0 Å². The third-order valence-corrected chi connectivity index (χ3v) is 3.66. The molecule has 0 N–H and O–H groups in total. The fraction of sp³-hybridized carbons (Fsp3) is 0.0667. The summed E-state index contributed by atoms with van der Waals surface area (Å²) in [5, 5.41) is 2.55. The Bertz CT molecular complexity index is 735. The van der Waals surface area contributed by atoms with Gasteiger partial charge in [0.2, 0.25) is 5.76 Å². The van der Waals surface area contributed by atoms with Gasteiger partial charge in [0.05, 0.1) is 12.0 Å². The van der Waals surface area contributed by atoms with Gasteiger partial charge in [0.25, 0.3) is 0 Å². The molecule has 0 saturated heterocycles. The highest BCUT2D eigenvalue weighted by Crippen LogP contribution is 2.24. The fourth-order valence-electron chi connectivity index (χ4n) is 1.70. The normalized spacial score (nSPS) is 10.5. The summed E-state index contributed by atoms with van der Waals surface area (Å²) in [6, 6.07) is 9.24. The quantitative estimate of drug-likeness (QED) is 0.686. The topological polar surface area (TPSA) is 52.3 Å². The predicted molar refractivity (Wildman–Crippen MR) is 75.3 cm³/mol. The molecule has 0 radical (unpaired) electrons. The van der Waals surface area contributed by atoms with Crippen LogP contribution in [0.15, 0.2) is 52.5 Å². The second-order valence-corrected chi connectivity index (χ2v) is 5.06. The zero-order valence-electron chi connectivity index (χ0n) is 10.8. The Labute approximate surface area is 123 Å². The molecule has 4 nitrogen and oxygen atoms in total. The number of carbonyl (C=O) groups is 1. The minimum absolute atomic E-state index is 0.0667. The van der Waals surface area contributed by atoms with Crippen LogP contribution in [0.5, 0.6) is 0 Å². The molecule has 0 bridgehead atoms. The number of hydrogen-bond donors (Lipinski definition) is 0. The highest BCUT2D eigenvalue weighted by Gasteiger charge is 2.11. The lowest BCUT2D eigenvalue weighted by Gasteiger charge is -1.99. The monoisotopic (exact) mass is 303 g/mol. The van der Waals surface area contributed by atoms with Gasteiger partial charge in [0.15, 0.2) is 0 Å². The average molecular weight is 303 g/mol. The molecule has 0 aliphatic heterocycles. The molecule has 0 atom stereocenters. The van der Waals surface area contributed by atoms with Gasteiger partial charge in [-0.15, -0.1) is 11.3 Å². The molecule has 1 aromatic carbocycles. The van der Waals surface area contributed by atoms with E-state index < -0.39 is 5.97 Å². The van der Waals surface area contributed by atoms with Crippen molar-refractivity contribution in [3.8, 4) is 10.6 Å². The van der Waals surface area contributed by atoms with E-state index >= 15 is 0 Å². The van der Waals surface area contributed by atoms with Crippen LogP contribution in [0.1, 0.15) is 16.2 Å². The SMILES string of the molecule is O=C(OCc1csc(-c2ccc(F)cc2)n1)c1ccco1. The molecule has 0 fully saturated rings. The van der Waals surface area contributed by atoms with E-state index in [0.29, 0.717) is 5.69 Å². The second-order valence-electron chi connectivity index (χ2n) is 4.20. The molecular weight excluding hydrogens is 293 g/mol. The maximum absolute atomic E-state index is 12.9. The average Bonchev–Trinajstić information content (AvgIpc) is 3.17. The lowest BCUT2D eigenvalue weighted by atomic mass is 10.2. The number of thiazole rings is 1. The van der Waals surface area contributed by atoms with Gasteiger partial charge >= 0.3 is 5.97 Å². The molecule has 3 rings (SSSR count). The van der Waals surface area contributed by atoms with Crippen molar-refractivity contribution in [2.75, 3.05) is 0 Å². The standard InChI is InChI=1S/C15H10FNO3S/c16-11-5-3-10(4-6-11)14-17-12(9-21-14)8-20-15(18)13-2-1-7-19-13/h1-7,9H,8H2. The number of esters is 1. The molecule has 0 saturated carbocycles. The number of furan rings is 1. The Kier molecular flexibility index (Phi) is 3.79. The van der Waals surface area contributed by atoms with Crippen molar-refractivity contribution in [2.24, 2.45) is 0 Å². The first-order chi connectivity index (χ1) is 10.2. The van der Waals surface area contributed by atoms with Crippen LogP contribution in [-0.4, -0.2) is 11.0 Å². The van der Waals surface area contributed by atoms with Gasteiger partial charge < -0.3 is 9.15 Å². The summed E-state index contributed by atoms with van der Waals surface area (Å²) in [5.74, 6) is -0.664. The summed E-state index contributed by atoms with van der Waals surface area (Å²) in [6.07, 6.45) is 1.41. The number of carbonyl (C=O) groups excluding carboxylic acids is 1. The fourth-order valence-corrected chi connectivity index (χ4v) is 2.51. The Morgan fingerprint density at radius 3 is 2.81 bits per heavy atom. The first kappa shape index (κ1) is 13.5. The number of hydrogen-bond acceptors (Lipinski definition) is 5. The maximum atomic E-state index is 12.9. The lowest BCUT2D eigenvalue weighted by Crippen LogP contribution is -2.04. The van der Waals surface area contributed by atoms with E-state index in [1.807, 2.05) is 0 Å². The second kappa shape index (κ2) is 5.88. The number of rotatable bonds is 4. The van der Waals surface area contributed by atoms with Gasteiger partial charge in [-0.3, -0.25) is 0 Å². The first-order valence-electron chi connectivity index (χ1n) is 6.13. The van der Waals surface area contributed by atoms with Gasteiger partial charge in [-0.1, -0.05) is 0 Å². The highest BCUT2D eigenvalue weighted by atomic mass is 32.1. The van der Waals surface area contributed by atoms with Crippen LogP contribution >= 0.6 is 11.3 Å². The van der Waals surface area contributed by atoms with Crippen molar-refractivity contribution < 1.29 is 18.3 Å². The summed E-state index contributed by atoms with van der Waals surface area (Å²) in [6.45, 7) is 0.0667. The number of aromatic nitrogens is 1. The molecule has 0 spiro atoms. The molecule has 6 heteroatoms. The lowest BCUT2D eigenvalue weighted by molar-refractivity contribution is 0.0432. The Hall–Kier alpha value is -2.47. The zero-order chi connectivity index (χ0) is 14.7. The zero-order valence-corrected chi connectivity index (χ0v) is 11.6. The van der Waals surface area contributed by atoms with Crippen LogP contribution in [-0.2, 0) is 11.3 Å².